The number of alkyl halides is 2. The van der Waals surface area contributed by atoms with Crippen LogP contribution in [0.1, 0.15) is 43.2 Å². The van der Waals surface area contributed by atoms with Gasteiger partial charge >= 0.3 is 6.29 Å². The van der Waals surface area contributed by atoms with Gasteiger partial charge in [0.2, 0.25) is 0 Å². The van der Waals surface area contributed by atoms with E-state index in [4.69, 9.17) is 4.74 Å². The van der Waals surface area contributed by atoms with Crippen molar-refractivity contribution in [2.75, 3.05) is 6.61 Å². The Kier molecular flexibility index (Phi) is 4.64. The standard InChI is InChI=1S/C26H24F3N3O5/c27-16-11-30-17-2-4-20(33)32-13-25(34,21(16)22(17)32)12-24-7-5-23(6-8-24,14-35-24)31-10-15-1-3-18-19(9-15)37-26(28,29)36-18/h1-4,9,11,31,34H,5-8,10,12-14H2/t23?,24?,25-/m0/s1. The van der Waals surface area contributed by atoms with Crippen molar-refractivity contribution in [2.45, 2.75) is 68.2 Å². The lowest BCUT2D eigenvalue weighted by Crippen LogP contribution is -2.62. The molecule has 1 saturated carbocycles. The minimum atomic E-state index is -3.65. The van der Waals surface area contributed by atoms with E-state index in [9.17, 15) is 23.1 Å². The first-order valence-corrected chi connectivity index (χ1v) is 12.3. The third kappa shape index (κ3) is 3.55. The van der Waals surface area contributed by atoms with Crippen molar-refractivity contribution in [1.82, 2.24) is 14.9 Å². The summed E-state index contributed by atoms with van der Waals surface area (Å²) in [5.74, 6) is -0.619. The SMILES string of the molecule is O=c1ccc2ncc(F)c3c2n1C[C@@]3(O)CC12CCC(NCc3ccc4c(c3)OC(F)(F)O4)(CC1)CO2. The molecule has 3 fully saturated rings. The Hall–Kier alpha value is -3.15. The fourth-order valence-electron chi connectivity index (χ4n) is 6.47. The molecule has 4 aliphatic heterocycles. The number of hydrogen-bond donors (Lipinski definition) is 2. The van der Waals surface area contributed by atoms with Gasteiger partial charge in [-0.3, -0.25) is 9.78 Å². The number of ether oxygens (including phenoxy) is 3. The molecule has 1 atom stereocenters. The van der Waals surface area contributed by atoms with Crippen LogP contribution in [-0.4, -0.2) is 38.7 Å². The highest BCUT2D eigenvalue weighted by Gasteiger charge is 2.55. The summed E-state index contributed by atoms with van der Waals surface area (Å²) in [7, 11) is 0. The van der Waals surface area contributed by atoms with E-state index in [2.05, 4.69) is 19.8 Å². The summed E-state index contributed by atoms with van der Waals surface area (Å²) in [5.41, 5.74) is -1.13. The Labute approximate surface area is 209 Å². The first kappa shape index (κ1) is 23.0. The molecule has 5 aliphatic rings. The number of aliphatic hydroxyl groups is 1. The van der Waals surface area contributed by atoms with Crippen LogP contribution in [0.15, 0.2) is 41.3 Å². The fourth-order valence-corrected chi connectivity index (χ4v) is 6.47. The van der Waals surface area contributed by atoms with Gasteiger partial charge in [-0.05, 0) is 49.4 Å². The van der Waals surface area contributed by atoms with Crippen LogP contribution in [0.3, 0.4) is 0 Å². The summed E-state index contributed by atoms with van der Waals surface area (Å²) in [6.45, 7) is 0.784. The van der Waals surface area contributed by atoms with Gasteiger partial charge in [0.1, 0.15) is 11.4 Å². The molecule has 6 heterocycles. The second kappa shape index (κ2) is 7.46. The number of nitrogens with zero attached hydrogens (tertiary/aromatic N) is 2. The third-order valence-electron chi connectivity index (χ3n) is 8.36. The molecule has 2 bridgehead atoms. The number of nitrogens with one attached hydrogen (secondary N) is 1. The lowest BCUT2D eigenvalue weighted by Gasteiger charge is -2.55. The molecule has 0 amide bonds. The molecule has 8 nitrogen and oxygen atoms in total. The first-order chi connectivity index (χ1) is 17.6. The molecule has 11 heteroatoms. The molecular formula is C26H24F3N3O5. The minimum Gasteiger partial charge on any atom is -0.395 e. The highest BCUT2D eigenvalue weighted by molar-refractivity contribution is 5.81. The summed E-state index contributed by atoms with van der Waals surface area (Å²) < 4.78 is 58.4. The van der Waals surface area contributed by atoms with Gasteiger partial charge in [-0.15, -0.1) is 8.78 Å². The second-order valence-corrected chi connectivity index (χ2v) is 10.7. The molecular weight excluding hydrogens is 491 g/mol. The van der Waals surface area contributed by atoms with E-state index in [0.29, 0.717) is 37.0 Å². The maximum absolute atomic E-state index is 15.0. The summed E-state index contributed by atoms with van der Waals surface area (Å²) in [4.78, 5) is 16.6. The van der Waals surface area contributed by atoms with Gasteiger partial charge in [-0.1, -0.05) is 6.07 Å². The first-order valence-electron chi connectivity index (χ1n) is 12.3. The molecule has 3 aromatic rings. The van der Waals surface area contributed by atoms with Crippen molar-refractivity contribution in [1.29, 1.82) is 0 Å². The quantitative estimate of drug-likeness (QED) is 0.539. The molecule has 8 rings (SSSR count). The van der Waals surface area contributed by atoms with Crippen molar-refractivity contribution in [2.24, 2.45) is 0 Å². The Morgan fingerprint density at radius 2 is 1.86 bits per heavy atom. The number of rotatable bonds is 5. The van der Waals surface area contributed by atoms with Crippen molar-refractivity contribution in [3.63, 3.8) is 0 Å². The summed E-state index contributed by atoms with van der Waals surface area (Å²) in [5, 5.41) is 15.3. The molecule has 2 aromatic heterocycles. The second-order valence-electron chi connectivity index (χ2n) is 10.7. The molecule has 1 aliphatic carbocycles. The predicted octanol–water partition coefficient (Wildman–Crippen LogP) is 3.32. The number of aromatic nitrogens is 2. The van der Waals surface area contributed by atoms with E-state index in [0.717, 1.165) is 24.6 Å². The van der Waals surface area contributed by atoms with Crippen LogP contribution in [-0.2, 0) is 23.4 Å². The van der Waals surface area contributed by atoms with Crippen LogP contribution in [0.2, 0.25) is 0 Å². The zero-order chi connectivity index (χ0) is 25.6. The Morgan fingerprint density at radius 1 is 1.08 bits per heavy atom. The van der Waals surface area contributed by atoms with Gasteiger partial charge in [0.05, 0.1) is 36.0 Å². The molecule has 0 radical (unpaired) electrons. The van der Waals surface area contributed by atoms with E-state index in [1.54, 1.807) is 12.1 Å². The summed E-state index contributed by atoms with van der Waals surface area (Å²) in [6.07, 6.45) is 0.451. The molecule has 0 spiro atoms. The van der Waals surface area contributed by atoms with Gasteiger partial charge in [0, 0.05) is 30.1 Å². The van der Waals surface area contributed by atoms with Crippen LogP contribution in [0.5, 0.6) is 11.5 Å². The van der Waals surface area contributed by atoms with E-state index >= 15 is 0 Å². The van der Waals surface area contributed by atoms with Crippen molar-refractivity contribution >= 4 is 11.0 Å². The van der Waals surface area contributed by atoms with Gasteiger partial charge in [0.25, 0.3) is 5.56 Å². The highest BCUT2D eigenvalue weighted by Crippen LogP contribution is 2.51. The number of hydrogen-bond acceptors (Lipinski definition) is 7. The summed E-state index contributed by atoms with van der Waals surface area (Å²) in [6, 6.07) is 7.64. The number of pyridine rings is 2. The Bertz CT molecular complexity index is 1480. The Morgan fingerprint density at radius 3 is 2.62 bits per heavy atom. The fraction of sp³-hybridized carbons (Fsp3) is 0.462. The maximum Gasteiger partial charge on any atom is 0.586 e. The van der Waals surface area contributed by atoms with Gasteiger partial charge < -0.3 is 29.2 Å². The van der Waals surface area contributed by atoms with E-state index in [1.165, 1.54) is 22.8 Å². The molecule has 0 unspecified atom stereocenters. The van der Waals surface area contributed by atoms with Crippen LogP contribution < -0.4 is 20.3 Å². The number of fused-ring (bicyclic) bond motifs is 4. The lowest BCUT2D eigenvalue weighted by molar-refractivity contribution is -0.286. The van der Waals surface area contributed by atoms with Crippen molar-refractivity contribution in [3.05, 3.63) is 63.8 Å². The van der Waals surface area contributed by atoms with Crippen LogP contribution >= 0.6 is 0 Å². The molecule has 1 aromatic carbocycles. The van der Waals surface area contributed by atoms with Crippen LogP contribution in [0.25, 0.3) is 11.0 Å². The van der Waals surface area contributed by atoms with Crippen molar-refractivity contribution < 1.29 is 32.5 Å². The van der Waals surface area contributed by atoms with E-state index in [-0.39, 0.29) is 41.1 Å². The third-order valence-corrected chi connectivity index (χ3v) is 8.36. The van der Waals surface area contributed by atoms with Gasteiger partial charge in [-0.2, -0.15) is 0 Å². The average Bonchev–Trinajstić information content (AvgIpc) is 3.35. The normalized spacial score (nSPS) is 30.8. The maximum atomic E-state index is 15.0. The Balaban J connectivity index is 1.07. The average molecular weight is 515 g/mol. The number of halogens is 3. The lowest BCUT2D eigenvalue weighted by atomic mass is 9.67. The largest absolute Gasteiger partial charge is 0.586 e. The zero-order valence-electron chi connectivity index (χ0n) is 19.7. The minimum absolute atomic E-state index is 0.00622. The molecule has 2 N–H and O–H groups in total. The van der Waals surface area contributed by atoms with E-state index < -0.39 is 23.3 Å². The smallest absolute Gasteiger partial charge is 0.395 e. The monoisotopic (exact) mass is 515 g/mol. The zero-order valence-corrected chi connectivity index (χ0v) is 19.7. The van der Waals surface area contributed by atoms with Crippen LogP contribution in [0.4, 0.5) is 13.2 Å². The van der Waals surface area contributed by atoms with Crippen molar-refractivity contribution in [3.8, 4) is 11.5 Å². The van der Waals surface area contributed by atoms with E-state index in [1.807, 2.05) is 0 Å². The molecule has 37 heavy (non-hydrogen) atoms. The molecule has 2 saturated heterocycles. The topological polar surface area (TPSA) is 94.8 Å². The van der Waals surface area contributed by atoms with Gasteiger partial charge in [-0.25, -0.2) is 4.39 Å². The summed E-state index contributed by atoms with van der Waals surface area (Å²) >= 11 is 0. The predicted molar refractivity (Wildman–Crippen MR) is 124 cm³/mol. The van der Waals surface area contributed by atoms with Gasteiger partial charge in [0.15, 0.2) is 11.5 Å². The number of benzene rings is 1. The molecule has 194 valence electrons. The highest BCUT2D eigenvalue weighted by atomic mass is 19.3. The van der Waals surface area contributed by atoms with Crippen LogP contribution in [0, 0.1) is 5.82 Å².